The molecule has 1 N–H and O–H groups in total. The Hall–Kier alpha value is -3.04. The highest BCUT2D eigenvalue weighted by Gasteiger charge is 2.25. The predicted molar refractivity (Wildman–Crippen MR) is 131 cm³/mol. The SMILES string of the molecule is Cc1c(Cl)cccc1S(=O)(=O)Nc1nc2c(nc1OCc1ccc3c(c1)N(C)CCO3)CCC2. The summed E-state index contributed by atoms with van der Waals surface area (Å²) in [4.78, 5) is 11.4. The second-order valence-corrected chi connectivity index (χ2v) is 10.5. The highest BCUT2D eigenvalue weighted by Crippen LogP contribution is 2.33. The van der Waals surface area contributed by atoms with Crippen molar-refractivity contribution in [1.29, 1.82) is 0 Å². The van der Waals surface area contributed by atoms with E-state index in [-0.39, 0.29) is 23.2 Å². The van der Waals surface area contributed by atoms with Crippen molar-refractivity contribution < 1.29 is 17.9 Å². The number of benzene rings is 2. The molecule has 2 aromatic carbocycles. The van der Waals surface area contributed by atoms with Gasteiger partial charge in [-0.1, -0.05) is 23.7 Å². The Balaban J connectivity index is 1.44. The van der Waals surface area contributed by atoms with Gasteiger partial charge in [0, 0.05) is 12.1 Å². The lowest BCUT2D eigenvalue weighted by atomic mass is 10.1. The molecule has 178 valence electrons. The number of sulfonamides is 1. The van der Waals surface area contributed by atoms with E-state index in [0.717, 1.165) is 54.2 Å². The first-order valence-electron chi connectivity index (χ1n) is 11.1. The Morgan fingerprint density at radius 1 is 1.18 bits per heavy atom. The number of rotatable bonds is 6. The van der Waals surface area contributed by atoms with Crippen molar-refractivity contribution in [2.75, 3.05) is 29.8 Å². The van der Waals surface area contributed by atoms with E-state index in [1.165, 1.54) is 6.07 Å². The number of nitrogens with zero attached hydrogens (tertiary/aromatic N) is 3. The van der Waals surface area contributed by atoms with Crippen LogP contribution in [0.5, 0.6) is 11.6 Å². The summed E-state index contributed by atoms with van der Waals surface area (Å²) >= 11 is 6.15. The van der Waals surface area contributed by atoms with Crippen molar-refractivity contribution in [3.8, 4) is 11.6 Å². The number of aromatic nitrogens is 2. The van der Waals surface area contributed by atoms with Gasteiger partial charge in [0.1, 0.15) is 19.0 Å². The third-order valence-electron chi connectivity index (χ3n) is 6.08. The quantitative estimate of drug-likeness (QED) is 0.543. The fourth-order valence-corrected chi connectivity index (χ4v) is 5.68. The van der Waals surface area contributed by atoms with Crippen LogP contribution in [0.2, 0.25) is 5.02 Å². The molecular formula is C24H25ClN4O4S. The average molecular weight is 501 g/mol. The third-order valence-corrected chi connectivity index (χ3v) is 7.97. The van der Waals surface area contributed by atoms with Gasteiger partial charge in [0.15, 0.2) is 0 Å². The normalized spacial score (nSPS) is 14.9. The van der Waals surface area contributed by atoms with Gasteiger partial charge < -0.3 is 14.4 Å². The van der Waals surface area contributed by atoms with Crippen LogP contribution in [0.4, 0.5) is 11.5 Å². The number of fused-ring (bicyclic) bond motifs is 2. The van der Waals surface area contributed by atoms with Gasteiger partial charge in [0.25, 0.3) is 15.9 Å². The zero-order valence-electron chi connectivity index (χ0n) is 19.0. The molecule has 0 amide bonds. The van der Waals surface area contributed by atoms with Gasteiger partial charge in [0.05, 0.1) is 28.5 Å². The highest BCUT2D eigenvalue weighted by atomic mass is 35.5. The Morgan fingerprint density at radius 3 is 2.79 bits per heavy atom. The molecule has 0 spiro atoms. The number of nitrogens with one attached hydrogen (secondary N) is 1. The van der Waals surface area contributed by atoms with Gasteiger partial charge in [-0.2, -0.15) is 0 Å². The van der Waals surface area contributed by atoms with Crippen molar-refractivity contribution in [2.45, 2.75) is 37.7 Å². The molecule has 5 rings (SSSR count). The summed E-state index contributed by atoms with van der Waals surface area (Å²) in [6, 6.07) is 10.6. The fraction of sp³-hybridized carbons (Fsp3) is 0.333. The number of anilines is 2. The number of aryl methyl sites for hydroxylation is 2. The average Bonchev–Trinajstić information content (AvgIpc) is 3.26. The minimum absolute atomic E-state index is 0.0819. The molecule has 1 aromatic heterocycles. The highest BCUT2D eigenvalue weighted by molar-refractivity contribution is 7.92. The van der Waals surface area contributed by atoms with Crippen molar-refractivity contribution >= 4 is 33.1 Å². The van der Waals surface area contributed by atoms with Gasteiger partial charge in [-0.15, -0.1) is 0 Å². The molecule has 0 unspecified atom stereocenters. The Labute approximate surface area is 203 Å². The van der Waals surface area contributed by atoms with Gasteiger partial charge in [-0.05, 0) is 61.6 Å². The zero-order chi connectivity index (χ0) is 23.9. The van der Waals surface area contributed by atoms with Gasteiger partial charge in [0.2, 0.25) is 5.82 Å². The summed E-state index contributed by atoms with van der Waals surface area (Å²) < 4.78 is 40.7. The van der Waals surface area contributed by atoms with Crippen LogP contribution >= 0.6 is 11.6 Å². The maximum absolute atomic E-state index is 13.2. The summed E-state index contributed by atoms with van der Waals surface area (Å²) in [7, 11) is -1.93. The topological polar surface area (TPSA) is 93.7 Å². The Bertz CT molecular complexity index is 1360. The molecule has 2 heterocycles. The minimum atomic E-state index is -3.95. The van der Waals surface area contributed by atoms with Gasteiger partial charge in [-0.25, -0.2) is 18.4 Å². The first-order chi connectivity index (χ1) is 16.3. The Morgan fingerprint density at radius 2 is 1.97 bits per heavy atom. The summed E-state index contributed by atoms with van der Waals surface area (Å²) in [6.45, 7) is 3.33. The smallest absolute Gasteiger partial charge is 0.263 e. The maximum atomic E-state index is 13.2. The molecule has 0 fully saturated rings. The van der Waals surface area contributed by atoms with Crippen LogP contribution in [-0.2, 0) is 29.5 Å². The van der Waals surface area contributed by atoms with Crippen molar-refractivity contribution in [3.63, 3.8) is 0 Å². The van der Waals surface area contributed by atoms with E-state index in [1.54, 1.807) is 19.1 Å². The molecule has 0 saturated carbocycles. The number of hydrogen-bond acceptors (Lipinski definition) is 7. The van der Waals surface area contributed by atoms with E-state index < -0.39 is 10.0 Å². The van der Waals surface area contributed by atoms with Gasteiger partial charge >= 0.3 is 0 Å². The molecule has 0 radical (unpaired) electrons. The molecule has 2 aliphatic rings. The van der Waals surface area contributed by atoms with E-state index in [1.807, 2.05) is 25.2 Å². The molecule has 1 aliphatic carbocycles. The molecule has 1 aliphatic heterocycles. The van der Waals surface area contributed by atoms with Crippen LogP contribution in [0, 0.1) is 6.92 Å². The monoisotopic (exact) mass is 500 g/mol. The van der Waals surface area contributed by atoms with Crippen molar-refractivity contribution in [1.82, 2.24) is 9.97 Å². The molecule has 8 nitrogen and oxygen atoms in total. The molecule has 3 aromatic rings. The lowest BCUT2D eigenvalue weighted by Gasteiger charge is -2.28. The van der Waals surface area contributed by atoms with E-state index in [2.05, 4.69) is 19.6 Å². The van der Waals surface area contributed by atoms with E-state index in [9.17, 15) is 8.42 Å². The third kappa shape index (κ3) is 4.37. The number of likely N-dealkylation sites (N-methyl/N-ethyl adjacent to an activating group) is 1. The molecule has 0 bridgehead atoms. The van der Waals surface area contributed by atoms with E-state index in [0.29, 0.717) is 17.2 Å². The molecule has 0 saturated heterocycles. The summed E-state index contributed by atoms with van der Waals surface area (Å²) in [5.74, 6) is 1.07. The van der Waals surface area contributed by atoms with E-state index >= 15 is 0 Å². The fourth-order valence-electron chi connectivity index (χ4n) is 4.18. The zero-order valence-corrected chi connectivity index (χ0v) is 20.5. The van der Waals surface area contributed by atoms with Crippen LogP contribution in [0.25, 0.3) is 0 Å². The van der Waals surface area contributed by atoms with Crippen molar-refractivity contribution in [3.05, 3.63) is 63.9 Å². The molecule has 0 atom stereocenters. The van der Waals surface area contributed by atoms with Crippen LogP contribution in [0.15, 0.2) is 41.3 Å². The largest absolute Gasteiger partial charge is 0.490 e. The van der Waals surface area contributed by atoms with Crippen LogP contribution in [0.1, 0.15) is 28.9 Å². The lowest BCUT2D eigenvalue weighted by Crippen LogP contribution is -2.28. The number of ether oxygens (including phenoxy) is 2. The maximum Gasteiger partial charge on any atom is 0.263 e. The first-order valence-corrected chi connectivity index (χ1v) is 13.0. The van der Waals surface area contributed by atoms with Crippen LogP contribution in [-0.4, -0.2) is 38.6 Å². The van der Waals surface area contributed by atoms with Crippen molar-refractivity contribution in [2.24, 2.45) is 0 Å². The standard InChI is InChI=1S/C24H25ClN4O4S/c1-15-17(25)5-3-8-22(15)34(30,31)28-23-24(27-19-7-4-6-18(19)26-23)33-14-16-9-10-21-20(13-16)29(2)11-12-32-21/h3,5,8-10,13H,4,6-7,11-12,14H2,1-2H3,(H,26,28). The minimum Gasteiger partial charge on any atom is -0.490 e. The molecule has 34 heavy (non-hydrogen) atoms. The molecule has 10 heteroatoms. The van der Waals surface area contributed by atoms with Gasteiger partial charge in [-0.3, -0.25) is 4.72 Å². The number of halogens is 1. The summed E-state index contributed by atoms with van der Waals surface area (Å²) in [6.07, 6.45) is 2.47. The summed E-state index contributed by atoms with van der Waals surface area (Å²) in [5.41, 5.74) is 4.01. The molecular weight excluding hydrogens is 476 g/mol. The van der Waals surface area contributed by atoms with Crippen LogP contribution in [0.3, 0.4) is 0 Å². The number of hydrogen-bond donors (Lipinski definition) is 1. The van der Waals surface area contributed by atoms with Crippen LogP contribution < -0.4 is 19.1 Å². The lowest BCUT2D eigenvalue weighted by molar-refractivity contribution is 0.291. The predicted octanol–water partition coefficient (Wildman–Crippen LogP) is 4.14. The second-order valence-electron chi connectivity index (χ2n) is 8.45. The Kier molecular flexibility index (Phi) is 5.99. The van der Waals surface area contributed by atoms with E-state index in [4.69, 9.17) is 21.1 Å². The second kappa shape index (κ2) is 8.96. The first kappa shape index (κ1) is 22.7. The summed E-state index contributed by atoms with van der Waals surface area (Å²) in [5, 5.41) is 0.376.